The molecule has 1 aliphatic carbocycles. The number of benzene rings is 1. The van der Waals surface area contributed by atoms with Gasteiger partial charge in [-0.15, -0.1) is 0 Å². The standard InChI is InChI=1S/C17H26N2O/c1-3-19(4-2)13-12-18-17(20)16-11-7-9-14-8-5-6-10-15(14)16/h5-6,8,10,16H,3-4,7,9,11-13H2,1-2H3,(H,18,20). The van der Waals surface area contributed by atoms with Crippen LogP contribution in [0.1, 0.15) is 43.7 Å². The molecule has 0 radical (unpaired) electrons. The summed E-state index contributed by atoms with van der Waals surface area (Å²) in [6.07, 6.45) is 3.21. The fraction of sp³-hybridized carbons (Fsp3) is 0.588. The summed E-state index contributed by atoms with van der Waals surface area (Å²) < 4.78 is 0. The number of fused-ring (bicyclic) bond motifs is 1. The molecule has 0 saturated carbocycles. The predicted molar refractivity (Wildman–Crippen MR) is 82.9 cm³/mol. The summed E-state index contributed by atoms with van der Waals surface area (Å²) in [4.78, 5) is 14.7. The summed E-state index contributed by atoms with van der Waals surface area (Å²) >= 11 is 0. The highest BCUT2D eigenvalue weighted by Gasteiger charge is 2.25. The molecule has 1 aliphatic rings. The largest absolute Gasteiger partial charge is 0.354 e. The number of nitrogens with one attached hydrogen (secondary N) is 1. The molecule has 1 aromatic carbocycles. The lowest BCUT2D eigenvalue weighted by Crippen LogP contribution is -2.37. The summed E-state index contributed by atoms with van der Waals surface area (Å²) in [6, 6.07) is 8.38. The number of hydrogen-bond donors (Lipinski definition) is 1. The van der Waals surface area contributed by atoms with Crippen LogP contribution in [-0.2, 0) is 11.2 Å². The average molecular weight is 274 g/mol. The van der Waals surface area contributed by atoms with Crippen LogP contribution in [0.2, 0.25) is 0 Å². The van der Waals surface area contributed by atoms with Gasteiger partial charge in [-0.3, -0.25) is 4.79 Å². The predicted octanol–water partition coefficient (Wildman–Crippen LogP) is 2.56. The maximum absolute atomic E-state index is 12.4. The summed E-state index contributed by atoms with van der Waals surface area (Å²) in [5.74, 6) is 0.251. The van der Waals surface area contributed by atoms with Crippen LogP contribution >= 0.6 is 0 Å². The first kappa shape index (κ1) is 15.0. The molecule has 1 atom stereocenters. The first-order valence-electron chi connectivity index (χ1n) is 7.84. The van der Waals surface area contributed by atoms with Gasteiger partial charge in [-0.1, -0.05) is 38.1 Å². The van der Waals surface area contributed by atoms with E-state index in [1.807, 2.05) is 6.07 Å². The van der Waals surface area contributed by atoms with Gasteiger partial charge in [0.2, 0.25) is 5.91 Å². The van der Waals surface area contributed by atoms with E-state index in [1.165, 1.54) is 11.1 Å². The van der Waals surface area contributed by atoms with E-state index in [2.05, 4.69) is 42.3 Å². The molecule has 1 amide bonds. The number of nitrogens with zero attached hydrogens (tertiary/aromatic N) is 1. The number of aryl methyl sites for hydroxylation is 1. The average Bonchev–Trinajstić information content (AvgIpc) is 2.51. The molecule has 0 spiro atoms. The third-order valence-electron chi connectivity index (χ3n) is 4.31. The Morgan fingerprint density at radius 3 is 2.80 bits per heavy atom. The lowest BCUT2D eigenvalue weighted by atomic mass is 9.82. The molecule has 0 aliphatic heterocycles. The second-order valence-corrected chi connectivity index (χ2v) is 5.46. The molecule has 2 rings (SSSR count). The number of rotatable bonds is 6. The molecule has 0 saturated heterocycles. The Morgan fingerprint density at radius 1 is 1.30 bits per heavy atom. The Kier molecular flexibility index (Phi) is 5.60. The fourth-order valence-electron chi connectivity index (χ4n) is 3.03. The van der Waals surface area contributed by atoms with Gasteiger partial charge in [0.1, 0.15) is 0 Å². The summed E-state index contributed by atoms with van der Waals surface area (Å²) in [5.41, 5.74) is 2.58. The van der Waals surface area contributed by atoms with Crippen molar-refractivity contribution in [3.8, 4) is 0 Å². The molecule has 110 valence electrons. The Bertz CT molecular complexity index is 440. The van der Waals surface area contributed by atoms with Crippen molar-refractivity contribution in [3.05, 3.63) is 35.4 Å². The van der Waals surface area contributed by atoms with E-state index < -0.39 is 0 Å². The van der Waals surface area contributed by atoms with Gasteiger partial charge in [0.15, 0.2) is 0 Å². The number of likely N-dealkylation sites (N-methyl/N-ethyl adjacent to an activating group) is 1. The van der Waals surface area contributed by atoms with Crippen molar-refractivity contribution in [2.24, 2.45) is 0 Å². The van der Waals surface area contributed by atoms with Crippen LogP contribution in [0.15, 0.2) is 24.3 Å². The normalized spacial score (nSPS) is 17.9. The molecule has 3 nitrogen and oxygen atoms in total. The molecule has 1 unspecified atom stereocenters. The van der Waals surface area contributed by atoms with Gasteiger partial charge in [0.25, 0.3) is 0 Å². The zero-order valence-corrected chi connectivity index (χ0v) is 12.7. The van der Waals surface area contributed by atoms with E-state index in [4.69, 9.17) is 0 Å². The van der Waals surface area contributed by atoms with Gasteiger partial charge in [0.05, 0.1) is 5.92 Å². The molecule has 0 fully saturated rings. The van der Waals surface area contributed by atoms with Crippen LogP contribution in [0, 0.1) is 0 Å². The van der Waals surface area contributed by atoms with Gasteiger partial charge in [-0.05, 0) is 43.5 Å². The molecule has 20 heavy (non-hydrogen) atoms. The second kappa shape index (κ2) is 7.44. The van der Waals surface area contributed by atoms with E-state index in [9.17, 15) is 4.79 Å². The number of amides is 1. The maximum Gasteiger partial charge on any atom is 0.227 e. The Balaban J connectivity index is 1.91. The van der Waals surface area contributed by atoms with E-state index >= 15 is 0 Å². The molecule has 0 bridgehead atoms. The highest BCUT2D eigenvalue weighted by Crippen LogP contribution is 2.31. The zero-order chi connectivity index (χ0) is 14.4. The van der Waals surface area contributed by atoms with Gasteiger partial charge in [-0.2, -0.15) is 0 Å². The fourth-order valence-corrected chi connectivity index (χ4v) is 3.03. The summed E-state index contributed by atoms with van der Waals surface area (Å²) in [6.45, 7) is 8.08. The SMILES string of the molecule is CCN(CC)CCNC(=O)C1CCCc2ccccc21. The third-order valence-corrected chi connectivity index (χ3v) is 4.31. The molecule has 0 aromatic heterocycles. The van der Waals surface area contributed by atoms with Crippen molar-refractivity contribution in [1.82, 2.24) is 10.2 Å². The van der Waals surface area contributed by atoms with Gasteiger partial charge in [-0.25, -0.2) is 0 Å². The molecule has 0 heterocycles. The lowest BCUT2D eigenvalue weighted by Gasteiger charge is -2.25. The summed E-state index contributed by atoms with van der Waals surface area (Å²) in [7, 11) is 0. The van der Waals surface area contributed by atoms with E-state index in [-0.39, 0.29) is 11.8 Å². The topological polar surface area (TPSA) is 32.3 Å². The molecule has 3 heteroatoms. The van der Waals surface area contributed by atoms with E-state index in [0.717, 1.165) is 45.4 Å². The van der Waals surface area contributed by atoms with Crippen LogP contribution < -0.4 is 5.32 Å². The maximum atomic E-state index is 12.4. The first-order chi connectivity index (χ1) is 9.76. The van der Waals surface area contributed by atoms with Crippen molar-refractivity contribution in [1.29, 1.82) is 0 Å². The van der Waals surface area contributed by atoms with Crippen molar-refractivity contribution >= 4 is 5.91 Å². The minimum Gasteiger partial charge on any atom is -0.354 e. The summed E-state index contributed by atoms with van der Waals surface area (Å²) in [5, 5.41) is 3.11. The van der Waals surface area contributed by atoms with Crippen LogP contribution in [0.25, 0.3) is 0 Å². The minimum atomic E-state index is 0.0525. The highest BCUT2D eigenvalue weighted by atomic mass is 16.1. The number of carbonyl (C=O) groups excluding carboxylic acids is 1. The second-order valence-electron chi connectivity index (χ2n) is 5.46. The third kappa shape index (κ3) is 3.60. The smallest absolute Gasteiger partial charge is 0.227 e. The van der Waals surface area contributed by atoms with Gasteiger partial charge >= 0.3 is 0 Å². The Morgan fingerprint density at radius 2 is 2.05 bits per heavy atom. The van der Waals surface area contributed by atoms with Crippen LogP contribution in [0.5, 0.6) is 0 Å². The van der Waals surface area contributed by atoms with Crippen LogP contribution in [-0.4, -0.2) is 37.0 Å². The van der Waals surface area contributed by atoms with Crippen molar-refractivity contribution in [2.75, 3.05) is 26.2 Å². The monoisotopic (exact) mass is 274 g/mol. The first-order valence-corrected chi connectivity index (χ1v) is 7.84. The van der Waals surface area contributed by atoms with E-state index in [0.29, 0.717) is 0 Å². The molecule has 1 aromatic rings. The highest BCUT2D eigenvalue weighted by molar-refractivity contribution is 5.84. The Labute approximate surface area is 122 Å². The van der Waals surface area contributed by atoms with E-state index in [1.54, 1.807) is 0 Å². The van der Waals surface area contributed by atoms with Crippen molar-refractivity contribution < 1.29 is 4.79 Å². The molecular weight excluding hydrogens is 248 g/mol. The van der Waals surface area contributed by atoms with Crippen molar-refractivity contribution in [3.63, 3.8) is 0 Å². The van der Waals surface area contributed by atoms with Crippen LogP contribution in [0.4, 0.5) is 0 Å². The van der Waals surface area contributed by atoms with Crippen molar-refractivity contribution in [2.45, 2.75) is 39.0 Å². The van der Waals surface area contributed by atoms with Gasteiger partial charge < -0.3 is 10.2 Å². The molecular formula is C17H26N2O. The minimum absolute atomic E-state index is 0.0525. The number of hydrogen-bond acceptors (Lipinski definition) is 2. The number of carbonyl (C=O) groups is 1. The Hall–Kier alpha value is -1.35. The lowest BCUT2D eigenvalue weighted by molar-refractivity contribution is -0.122. The van der Waals surface area contributed by atoms with Gasteiger partial charge in [0, 0.05) is 13.1 Å². The molecule has 1 N–H and O–H groups in total. The zero-order valence-electron chi connectivity index (χ0n) is 12.7. The van der Waals surface area contributed by atoms with Crippen LogP contribution in [0.3, 0.4) is 0 Å². The quantitative estimate of drug-likeness (QED) is 0.864.